The van der Waals surface area contributed by atoms with E-state index < -0.39 is 18.1 Å². The van der Waals surface area contributed by atoms with Crippen LogP contribution in [0.2, 0.25) is 0 Å². The van der Waals surface area contributed by atoms with Crippen molar-refractivity contribution < 1.29 is 23.5 Å². The van der Waals surface area contributed by atoms with Gasteiger partial charge in [0.2, 0.25) is 11.7 Å². The highest BCUT2D eigenvalue weighted by molar-refractivity contribution is 7.99. The molecular weight excluding hydrogens is 378 g/mol. The van der Waals surface area contributed by atoms with Crippen LogP contribution in [0.5, 0.6) is 0 Å². The summed E-state index contributed by atoms with van der Waals surface area (Å²) in [5.74, 6) is -0.102. The summed E-state index contributed by atoms with van der Waals surface area (Å²) in [6, 6.07) is 10.0. The van der Waals surface area contributed by atoms with Crippen molar-refractivity contribution in [2.45, 2.75) is 44.7 Å². The molecule has 7 heteroatoms. The number of Topliss-reactive ketones (excluding diaryl/α,β-unsaturated/α-hetero) is 1. The van der Waals surface area contributed by atoms with Gasteiger partial charge in [-0.1, -0.05) is 31.2 Å². The first kappa shape index (κ1) is 20.2. The van der Waals surface area contributed by atoms with Gasteiger partial charge >= 0.3 is 5.97 Å². The third-order valence-corrected chi connectivity index (χ3v) is 6.01. The molecule has 1 aliphatic rings. The Labute approximate surface area is 168 Å². The van der Waals surface area contributed by atoms with E-state index in [1.54, 1.807) is 31.2 Å². The molecule has 0 aliphatic carbocycles. The van der Waals surface area contributed by atoms with Crippen LogP contribution in [0.4, 0.5) is 0 Å². The third kappa shape index (κ3) is 4.14. The number of aryl methyl sites for hydroxylation is 1. The average Bonchev–Trinajstić information content (AvgIpc) is 3.36. The Morgan fingerprint density at radius 2 is 1.96 bits per heavy atom. The van der Waals surface area contributed by atoms with Gasteiger partial charge in [0, 0.05) is 18.2 Å². The lowest BCUT2D eigenvalue weighted by Crippen LogP contribution is -2.44. The van der Waals surface area contributed by atoms with Crippen molar-refractivity contribution in [2.75, 3.05) is 5.75 Å². The van der Waals surface area contributed by atoms with Gasteiger partial charge < -0.3 is 14.1 Å². The van der Waals surface area contributed by atoms with Crippen molar-refractivity contribution >= 4 is 29.4 Å². The van der Waals surface area contributed by atoms with Crippen LogP contribution in [0, 0.1) is 0 Å². The number of carbonyl (C=O) groups is 3. The van der Waals surface area contributed by atoms with E-state index in [0.717, 1.165) is 12.0 Å². The average molecular weight is 401 g/mol. The van der Waals surface area contributed by atoms with Crippen molar-refractivity contribution in [3.8, 4) is 0 Å². The highest BCUT2D eigenvalue weighted by Crippen LogP contribution is 2.41. The fourth-order valence-corrected chi connectivity index (χ4v) is 4.58. The molecule has 1 aliphatic heterocycles. The molecule has 0 unspecified atom stereocenters. The molecule has 2 aromatic rings. The lowest BCUT2D eigenvalue weighted by Gasteiger charge is -2.26. The Bertz CT molecular complexity index is 846. The Morgan fingerprint density at radius 1 is 1.25 bits per heavy atom. The molecule has 0 radical (unpaired) electrons. The highest BCUT2D eigenvalue weighted by atomic mass is 32.2. The SMILES string of the molecule is CCc1ccc(C(=O)[C@@H](C)OC(=O)[C@@H]2CS[C@H](c3ccco3)N2C(C)=O)cc1. The predicted octanol–water partition coefficient (Wildman–Crippen LogP) is 3.62. The van der Waals surface area contributed by atoms with Gasteiger partial charge in [0.1, 0.15) is 17.2 Å². The highest BCUT2D eigenvalue weighted by Gasteiger charge is 2.43. The monoisotopic (exact) mass is 401 g/mol. The van der Waals surface area contributed by atoms with Gasteiger partial charge in [0.25, 0.3) is 0 Å². The largest absolute Gasteiger partial charge is 0.466 e. The van der Waals surface area contributed by atoms with E-state index in [4.69, 9.17) is 9.15 Å². The second-order valence-electron chi connectivity index (χ2n) is 6.64. The summed E-state index contributed by atoms with van der Waals surface area (Å²) in [6.45, 7) is 5.00. The maximum atomic E-state index is 12.7. The van der Waals surface area contributed by atoms with E-state index >= 15 is 0 Å². The van der Waals surface area contributed by atoms with E-state index in [1.165, 1.54) is 29.8 Å². The van der Waals surface area contributed by atoms with Crippen molar-refractivity contribution in [3.05, 3.63) is 59.5 Å². The maximum Gasteiger partial charge on any atom is 0.330 e. The van der Waals surface area contributed by atoms with Crippen LogP contribution < -0.4 is 0 Å². The minimum Gasteiger partial charge on any atom is -0.466 e. The van der Waals surface area contributed by atoms with E-state index in [9.17, 15) is 14.4 Å². The van der Waals surface area contributed by atoms with E-state index in [2.05, 4.69) is 0 Å². The van der Waals surface area contributed by atoms with Crippen LogP contribution in [0.15, 0.2) is 47.1 Å². The third-order valence-electron chi connectivity index (χ3n) is 4.73. The molecule has 0 bridgehead atoms. The summed E-state index contributed by atoms with van der Waals surface area (Å²) in [4.78, 5) is 38.9. The molecule has 3 atom stereocenters. The molecule has 3 rings (SSSR count). The zero-order valence-electron chi connectivity index (χ0n) is 16.1. The Kier molecular flexibility index (Phi) is 6.24. The lowest BCUT2D eigenvalue weighted by atomic mass is 10.0. The number of ether oxygens (including phenoxy) is 1. The fraction of sp³-hybridized carbons (Fsp3) is 0.381. The molecular formula is C21H23NO5S. The van der Waals surface area contributed by atoms with E-state index in [-0.39, 0.29) is 17.1 Å². The van der Waals surface area contributed by atoms with E-state index in [0.29, 0.717) is 17.1 Å². The zero-order valence-corrected chi connectivity index (χ0v) is 16.9. The second-order valence-corrected chi connectivity index (χ2v) is 7.75. The number of esters is 1. The summed E-state index contributed by atoms with van der Waals surface area (Å²) < 4.78 is 10.8. The molecule has 0 N–H and O–H groups in total. The van der Waals surface area contributed by atoms with Gasteiger partial charge in [0.05, 0.1) is 6.26 Å². The van der Waals surface area contributed by atoms with Crippen LogP contribution in [-0.4, -0.2) is 40.5 Å². The van der Waals surface area contributed by atoms with Gasteiger partial charge in [-0.05, 0) is 31.0 Å². The number of amides is 1. The molecule has 6 nitrogen and oxygen atoms in total. The van der Waals surface area contributed by atoms with Crippen molar-refractivity contribution in [1.29, 1.82) is 0 Å². The molecule has 1 saturated heterocycles. The molecule has 148 valence electrons. The van der Waals surface area contributed by atoms with Crippen LogP contribution in [0.3, 0.4) is 0 Å². The molecule has 2 heterocycles. The summed E-state index contributed by atoms with van der Waals surface area (Å²) in [5.41, 5.74) is 1.63. The van der Waals surface area contributed by atoms with Crippen molar-refractivity contribution in [2.24, 2.45) is 0 Å². The molecule has 1 aromatic heterocycles. The second kappa shape index (κ2) is 8.65. The van der Waals surface area contributed by atoms with Crippen LogP contribution in [-0.2, 0) is 20.7 Å². The first-order chi connectivity index (χ1) is 13.4. The lowest BCUT2D eigenvalue weighted by molar-refractivity contribution is -0.155. The molecule has 1 fully saturated rings. The van der Waals surface area contributed by atoms with Crippen LogP contribution in [0.25, 0.3) is 0 Å². The van der Waals surface area contributed by atoms with Crippen molar-refractivity contribution in [1.82, 2.24) is 4.90 Å². The smallest absolute Gasteiger partial charge is 0.330 e. The maximum absolute atomic E-state index is 12.7. The number of rotatable bonds is 6. The number of furan rings is 1. The molecule has 0 spiro atoms. The summed E-state index contributed by atoms with van der Waals surface area (Å²) in [5, 5.41) is -0.377. The molecule has 28 heavy (non-hydrogen) atoms. The minimum atomic E-state index is -0.929. The van der Waals surface area contributed by atoms with Gasteiger partial charge in [-0.25, -0.2) is 4.79 Å². The predicted molar refractivity (Wildman–Crippen MR) is 106 cm³/mol. The Morgan fingerprint density at radius 3 is 2.54 bits per heavy atom. The quantitative estimate of drug-likeness (QED) is 0.544. The number of hydrogen-bond donors (Lipinski definition) is 0. The number of thioether (sulfide) groups is 1. The topological polar surface area (TPSA) is 76.8 Å². The Balaban J connectivity index is 1.68. The molecule has 1 aromatic carbocycles. The van der Waals surface area contributed by atoms with Crippen molar-refractivity contribution in [3.63, 3.8) is 0 Å². The number of carbonyl (C=O) groups excluding carboxylic acids is 3. The molecule has 1 amide bonds. The minimum absolute atomic E-state index is 0.248. The van der Waals surface area contributed by atoms with Gasteiger partial charge in [-0.3, -0.25) is 9.59 Å². The normalized spacial score (nSPS) is 20.0. The summed E-state index contributed by atoms with van der Waals surface area (Å²) >= 11 is 1.43. The Hall–Kier alpha value is -2.54. The molecule has 0 saturated carbocycles. The van der Waals surface area contributed by atoms with E-state index in [1.807, 2.05) is 19.1 Å². The fourth-order valence-electron chi connectivity index (χ4n) is 3.17. The number of hydrogen-bond acceptors (Lipinski definition) is 6. The first-order valence-electron chi connectivity index (χ1n) is 9.20. The van der Waals surface area contributed by atoms with Crippen LogP contribution >= 0.6 is 11.8 Å². The van der Waals surface area contributed by atoms with Crippen LogP contribution in [0.1, 0.15) is 47.8 Å². The van der Waals surface area contributed by atoms with Gasteiger partial charge in [-0.15, -0.1) is 11.8 Å². The summed E-state index contributed by atoms with van der Waals surface area (Å²) in [7, 11) is 0. The van der Waals surface area contributed by atoms with Gasteiger partial charge in [0.15, 0.2) is 6.10 Å². The first-order valence-corrected chi connectivity index (χ1v) is 10.2. The number of ketones is 1. The van der Waals surface area contributed by atoms with Gasteiger partial charge in [-0.2, -0.15) is 0 Å². The zero-order chi connectivity index (χ0) is 20.3. The summed E-state index contributed by atoms with van der Waals surface area (Å²) in [6.07, 6.45) is 1.49. The standard InChI is InChI=1S/C21H23NO5S/c1-4-15-7-9-16(10-8-15)19(24)13(2)27-21(25)17-12-28-20(22(17)14(3)23)18-6-5-11-26-18/h5-11,13,17,20H,4,12H2,1-3H3/t13-,17+,20-/m1/s1. The number of nitrogens with zero attached hydrogens (tertiary/aromatic N) is 1. The number of benzene rings is 1.